The van der Waals surface area contributed by atoms with Gasteiger partial charge in [-0.25, -0.2) is 4.98 Å². The van der Waals surface area contributed by atoms with Crippen molar-refractivity contribution in [3.63, 3.8) is 0 Å². The monoisotopic (exact) mass is 417 g/mol. The number of fused-ring (bicyclic) bond motifs is 3. The molecule has 0 spiro atoms. The molecule has 0 aromatic carbocycles. The minimum atomic E-state index is -0.681. The van der Waals surface area contributed by atoms with Gasteiger partial charge in [-0.2, -0.15) is 0 Å². The summed E-state index contributed by atoms with van der Waals surface area (Å²) < 4.78 is 5.49. The van der Waals surface area contributed by atoms with Gasteiger partial charge in [-0.1, -0.05) is 13.3 Å². The molecule has 2 aliphatic rings. The van der Waals surface area contributed by atoms with E-state index in [4.69, 9.17) is 4.74 Å². The van der Waals surface area contributed by atoms with Crippen LogP contribution >= 0.6 is 11.3 Å². The molecule has 156 valence electrons. The van der Waals surface area contributed by atoms with Crippen molar-refractivity contribution in [3.05, 3.63) is 26.6 Å². The summed E-state index contributed by atoms with van der Waals surface area (Å²) in [6, 6.07) is 0. The molecule has 3 heterocycles. The number of carbonyl (C=O) groups is 2. The summed E-state index contributed by atoms with van der Waals surface area (Å²) in [6.45, 7) is 4.46. The zero-order chi connectivity index (χ0) is 20.5. The number of H-pyrrole nitrogens is 1. The summed E-state index contributed by atoms with van der Waals surface area (Å²) in [5.41, 5.74) is 0.968. The highest BCUT2D eigenvalue weighted by molar-refractivity contribution is 7.18. The molecular weight excluding hydrogens is 390 g/mol. The van der Waals surface area contributed by atoms with Gasteiger partial charge in [0.1, 0.15) is 11.4 Å². The van der Waals surface area contributed by atoms with Gasteiger partial charge in [-0.3, -0.25) is 14.4 Å². The summed E-state index contributed by atoms with van der Waals surface area (Å²) in [5, 5.41) is 0.689. The first kappa shape index (κ1) is 20.1. The van der Waals surface area contributed by atoms with Gasteiger partial charge < -0.3 is 14.6 Å². The van der Waals surface area contributed by atoms with Crippen molar-refractivity contribution in [2.45, 2.75) is 64.9 Å². The molecule has 7 nitrogen and oxygen atoms in total. The number of likely N-dealkylation sites (tertiary alicyclic amines) is 1. The summed E-state index contributed by atoms with van der Waals surface area (Å²) >= 11 is 1.57. The van der Waals surface area contributed by atoms with Gasteiger partial charge in [-0.15, -0.1) is 11.3 Å². The number of hydrogen-bond donors (Lipinski definition) is 1. The molecule has 1 saturated heterocycles. The van der Waals surface area contributed by atoms with Crippen LogP contribution < -0.4 is 5.56 Å². The Labute approximate surface area is 173 Å². The van der Waals surface area contributed by atoms with E-state index < -0.39 is 12.1 Å². The highest BCUT2D eigenvalue weighted by Gasteiger charge is 2.25. The van der Waals surface area contributed by atoms with Gasteiger partial charge in [0.25, 0.3) is 5.56 Å². The van der Waals surface area contributed by atoms with E-state index in [1.807, 2.05) is 0 Å². The summed E-state index contributed by atoms with van der Waals surface area (Å²) in [4.78, 5) is 48.1. The highest BCUT2D eigenvalue weighted by Crippen LogP contribution is 2.35. The van der Waals surface area contributed by atoms with Crippen LogP contribution in [0.15, 0.2) is 4.79 Å². The van der Waals surface area contributed by atoms with Crippen LogP contribution in [0.3, 0.4) is 0 Å². The Kier molecular flexibility index (Phi) is 5.72. The molecule has 8 heteroatoms. The van der Waals surface area contributed by atoms with E-state index in [0.29, 0.717) is 34.9 Å². The second kappa shape index (κ2) is 8.26. The molecule has 4 rings (SSSR count). The van der Waals surface area contributed by atoms with E-state index >= 15 is 0 Å². The fraction of sp³-hybridized carbons (Fsp3) is 0.619. The lowest BCUT2D eigenvalue weighted by atomic mass is 9.89. The number of thiophene rings is 1. The fourth-order valence-electron chi connectivity index (χ4n) is 4.21. The minimum absolute atomic E-state index is 0.00144. The predicted molar refractivity (Wildman–Crippen MR) is 111 cm³/mol. The van der Waals surface area contributed by atoms with Gasteiger partial charge in [-0.05, 0) is 50.5 Å². The van der Waals surface area contributed by atoms with Gasteiger partial charge in [0.15, 0.2) is 11.9 Å². The van der Waals surface area contributed by atoms with Gasteiger partial charge in [0.05, 0.1) is 5.39 Å². The van der Waals surface area contributed by atoms with E-state index in [2.05, 4.69) is 16.9 Å². The van der Waals surface area contributed by atoms with Crippen LogP contribution in [0.4, 0.5) is 0 Å². The maximum Gasteiger partial charge on any atom is 0.326 e. The summed E-state index contributed by atoms with van der Waals surface area (Å²) in [7, 11) is 0. The van der Waals surface area contributed by atoms with Crippen molar-refractivity contribution >= 4 is 33.4 Å². The number of aromatic nitrogens is 2. The second-order valence-corrected chi connectivity index (χ2v) is 9.32. The lowest BCUT2D eigenvalue weighted by Gasteiger charge is -2.20. The molecule has 1 aliphatic carbocycles. The smallest absolute Gasteiger partial charge is 0.326 e. The zero-order valence-corrected chi connectivity index (χ0v) is 17.8. The quantitative estimate of drug-likeness (QED) is 0.772. The number of aryl methyl sites for hydroxylation is 1. The molecule has 0 radical (unpaired) electrons. The first-order chi connectivity index (χ1) is 13.9. The standard InChI is InChI=1S/C21H27N3O4S/c1-12-7-8-14-15(10-12)29-21-18(14)20(27)22-19(23-21)13(2)28-17(26)11-24-9-5-3-4-6-16(24)25/h12-13H,3-11H2,1-2H3,(H,22,23,27)/t12-,13+/m0/s1. The van der Waals surface area contributed by atoms with Crippen LogP contribution in [0.25, 0.3) is 10.2 Å². The Morgan fingerprint density at radius 3 is 2.97 bits per heavy atom. The van der Waals surface area contributed by atoms with E-state index in [1.54, 1.807) is 23.2 Å². The number of amides is 1. The van der Waals surface area contributed by atoms with E-state index in [9.17, 15) is 14.4 Å². The lowest BCUT2D eigenvalue weighted by molar-refractivity contribution is -0.153. The molecule has 1 aliphatic heterocycles. The Morgan fingerprint density at radius 1 is 1.31 bits per heavy atom. The molecule has 0 bridgehead atoms. The first-order valence-corrected chi connectivity index (χ1v) is 11.3. The predicted octanol–water partition coefficient (Wildman–Crippen LogP) is 3.12. The third-order valence-corrected chi connectivity index (χ3v) is 7.02. The molecule has 0 saturated carbocycles. The topological polar surface area (TPSA) is 92.4 Å². The molecule has 2 atom stereocenters. The number of rotatable bonds is 4. The normalized spacial score (nSPS) is 21.0. The summed E-state index contributed by atoms with van der Waals surface area (Å²) in [6.07, 6.45) is 5.56. The molecule has 0 unspecified atom stereocenters. The van der Waals surface area contributed by atoms with Crippen molar-refractivity contribution in [2.24, 2.45) is 5.92 Å². The maximum atomic E-state index is 12.7. The van der Waals surface area contributed by atoms with Crippen LogP contribution in [0.5, 0.6) is 0 Å². The lowest BCUT2D eigenvalue weighted by Crippen LogP contribution is -2.36. The molecule has 1 fully saturated rings. The van der Waals surface area contributed by atoms with Crippen LogP contribution in [0, 0.1) is 5.92 Å². The Hall–Kier alpha value is -2.22. The molecule has 2 aromatic rings. The van der Waals surface area contributed by atoms with E-state index in [1.165, 1.54) is 4.88 Å². The Balaban J connectivity index is 1.49. The van der Waals surface area contributed by atoms with Gasteiger partial charge in [0, 0.05) is 17.8 Å². The van der Waals surface area contributed by atoms with Crippen molar-refractivity contribution in [2.75, 3.05) is 13.1 Å². The SMILES string of the molecule is C[C@H]1CCc2c(sc3nc([C@@H](C)OC(=O)CN4CCCCCC4=O)[nH]c(=O)c23)C1. The number of nitrogens with one attached hydrogen (secondary N) is 1. The van der Waals surface area contributed by atoms with E-state index in [0.717, 1.165) is 44.1 Å². The van der Waals surface area contributed by atoms with E-state index in [-0.39, 0.29) is 18.0 Å². The number of carbonyl (C=O) groups excluding carboxylic acids is 2. The van der Waals surface area contributed by atoms with Crippen molar-refractivity contribution in [3.8, 4) is 0 Å². The number of aromatic amines is 1. The molecule has 2 aromatic heterocycles. The highest BCUT2D eigenvalue weighted by atomic mass is 32.1. The Morgan fingerprint density at radius 2 is 2.14 bits per heavy atom. The van der Waals surface area contributed by atoms with Gasteiger partial charge >= 0.3 is 5.97 Å². The molecule has 1 N–H and O–H groups in total. The third-order valence-electron chi connectivity index (χ3n) is 5.87. The number of nitrogens with zero attached hydrogens (tertiary/aromatic N) is 2. The summed E-state index contributed by atoms with van der Waals surface area (Å²) in [5.74, 6) is 0.494. The number of ether oxygens (including phenoxy) is 1. The van der Waals surface area contributed by atoms with Crippen LogP contribution in [-0.2, 0) is 27.2 Å². The first-order valence-electron chi connectivity index (χ1n) is 10.4. The van der Waals surface area contributed by atoms with Crippen LogP contribution in [0.1, 0.15) is 68.3 Å². The zero-order valence-electron chi connectivity index (χ0n) is 17.0. The average molecular weight is 418 g/mol. The van der Waals surface area contributed by atoms with Crippen LogP contribution in [-0.4, -0.2) is 39.8 Å². The van der Waals surface area contributed by atoms with Crippen molar-refractivity contribution in [1.82, 2.24) is 14.9 Å². The second-order valence-electron chi connectivity index (χ2n) is 8.24. The average Bonchev–Trinajstić information content (AvgIpc) is 2.92. The van der Waals surface area contributed by atoms with Crippen molar-refractivity contribution < 1.29 is 14.3 Å². The van der Waals surface area contributed by atoms with Gasteiger partial charge in [0.2, 0.25) is 5.91 Å². The minimum Gasteiger partial charge on any atom is -0.453 e. The fourth-order valence-corrected chi connectivity index (χ4v) is 5.60. The number of esters is 1. The maximum absolute atomic E-state index is 12.7. The molecule has 1 amide bonds. The Bertz CT molecular complexity index is 996. The van der Waals surface area contributed by atoms with Crippen LogP contribution in [0.2, 0.25) is 0 Å². The third kappa shape index (κ3) is 4.22. The largest absolute Gasteiger partial charge is 0.453 e. The number of hydrogen-bond acceptors (Lipinski definition) is 6. The molecular formula is C21H27N3O4S. The molecule has 29 heavy (non-hydrogen) atoms. The van der Waals surface area contributed by atoms with Crippen molar-refractivity contribution in [1.29, 1.82) is 0 Å².